The Morgan fingerprint density at radius 2 is 1.75 bits per heavy atom. The third kappa shape index (κ3) is 2.36. The summed E-state index contributed by atoms with van der Waals surface area (Å²) in [6.45, 7) is 0. The summed E-state index contributed by atoms with van der Waals surface area (Å²) in [4.78, 5) is 11.8. The summed E-state index contributed by atoms with van der Waals surface area (Å²) in [5.74, 6) is 0.800. The van der Waals surface area contributed by atoms with E-state index in [0.29, 0.717) is 11.3 Å². The molecule has 4 heteroatoms. The van der Waals surface area contributed by atoms with Gasteiger partial charge in [0.2, 0.25) is 0 Å². The van der Waals surface area contributed by atoms with Gasteiger partial charge in [-0.3, -0.25) is 0 Å². The fourth-order valence-electron chi connectivity index (χ4n) is 1.94. The Morgan fingerprint density at radius 3 is 2.45 bits per heavy atom. The van der Waals surface area contributed by atoms with Gasteiger partial charge in [0.25, 0.3) is 0 Å². The molecule has 0 aliphatic heterocycles. The lowest BCUT2D eigenvalue weighted by Crippen LogP contribution is -2.06. The second-order valence-corrected chi connectivity index (χ2v) is 4.28. The molecule has 0 saturated heterocycles. The van der Waals surface area contributed by atoms with Crippen molar-refractivity contribution in [2.75, 3.05) is 7.11 Å². The highest BCUT2D eigenvalue weighted by atomic mass is 16.5. The zero-order valence-corrected chi connectivity index (χ0v) is 10.8. The first-order chi connectivity index (χ1) is 9.76. The van der Waals surface area contributed by atoms with E-state index in [-0.39, 0.29) is 0 Å². The lowest BCUT2D eigenvalue weighted by molar-refractivity contribution is 0.0734. The molecule has 100 valence electrons. The number of carbonyl (C=O) groups is 1. The van der Waals surface area contributed by atoms with E-state index in [4.69, 9.17) is 13.9 Å². The van der Waals surface area contributed by atoms with Crippen molar-refractivity contribution in [2.45, 2.75) is 0 Å². The minimum absolute atomic E-state index is 0.385. The maximum atomic E-state index is 11.8. The van der Waals surface area contributed by atoms with Crippen molar-refractivity contribution in [2.24, 2.45) is 0 Å². The first-order valence-electron chi connectivity index (χ1n) is 6.08. The van der Waals surface area contributed by atoms with Crippen molar-refractivity contribution in [3.05, 3.63) is 60.6 Å². The molecule has 0 N–H and O–H groups in total. The quantitative estimate of drug-likeness (QED) is 0.537. The van der Waals surface area contributed by atoms with Gasteiger partial charge in [-0.25, -0.2) is 4.79 Å². The third-order valence-electron chi connectivity index (χ3n) is 2.99. The predicted molar refractivity (Wildman–Crippen MR) is 74.2 cm³/mol. The normalized spacial score (nSPS) is 10.4. The van der Waals surface area contributed by atoms with Gasteiger partial charge in [0.15, 0.2) is 0 Å². The molecule has 3 aromatic rings. The molecule has 1 aromatic heterocycles. The molecule has 1 heterocycles. The molecule has 0 bridgehead atoms. The molecule has 4 nitrogen and oxygen atoms in total. The van der Waals surface area contributed by atoms with Crippen molar-refractivity contribution < 1.29 is 18.7 Å². The van der Waals surface area contributed by atoms with E-state index in [1.54, 1.807) is 25.3 Å². The van der Waals surface area contributed by atoms with E-state index in [1.807, 2.05) is 24.3 Å². The van der Waals surface area contributed by atoms with Crippen LogP contribution in [0.3, 0.4) is 0 Å². The minimum atomic E-state index is -0.444. The highest BCUT2D eigenvalue weighted by Crippen LogP contribution is 2.25. The standard InChI is InChI=1S/C16H12O4/c1-18-14-4-2-11-3-5-15(9-13(11)8-14)20-16(17)12-6-7-19-10-12/h2-10H,1H3. The molecule has 0 saturated carbocycles. The average Bonchev–Trinajstić information content (AvgIpc) is 3.00. The molecule has 0 radical (unpaired) electrons. The SMILES string of the molecule is COc1ccc2ccc(OC(=O)c3ccoc3)cc2c1. The lowest BCUT2D eigenvalue weighted by atomic mass is 10.1. The molecule has 0 amide bonds. The number of furan rings is 1. The summed E-state index contributed by atoms with van der Waals surface area (Å²) in [7, 11) is 1.62. The monoisotopic (exact) mass is 268 g/mol. The molecule has 0 spiro atoms. The number of methoxy groups -OCH3 is 1. The number of carbonyl (C=O) groups excluding carboxylic acids is 1. The van der Waals surface area contributed by atoms with Crippen LogP contribution in [0.15, 0.2) is 59.4 Å². The number of hydrogen-bond donors (Lipinski definition) is 0. The van der Waals surface area contributed by atoms with Crippen LogP contribution in [0, 0.1) is 0 Å². The van der Waals surface area contributed by atoms with E-state index in [2.05, 4.69) is 0 Å². The maximum Gasteiger partial charge on any atom is 0.346 e. The van der Waals surface area contributed by atoms with Crippen LogP contribution in [0.4, 0.5) is 0 Å². The second kappa shape index (κ2) is 5.09. The van der Waals surface area contributed by atoms with Gasteiger partial charge in [0.1, 0.15) is 17.8 Å². The maximum absolute atomic E-state index is 11.8. The number of esters is 1. The van der Waals surface area contributed by atoms with Gasteiger partial charge in [-0.15, -0.1) is 0 Å². The Hall–Kier alpha value is -2.75. The van der Waals surface area contributed by atoms with Gasteiger partial charge in [0.05, 0.1) is 18.9 Å². The van der Waals surface area contributed by atoms with Crippen molar-refractivity contribution in [3.63, 3.8) is 0 Å². The number of fused-ring (bicyclic) bond motifs is 1. The third-order valence-corrected chi connectivity index (χ3v) is 2.99. The topological polar surface area (TPSA) is 48.7 Å². The second-order valence-electron chi connectivity index (χ2n) is 4.28. The summed E-state index contributed by atoms with van der Waals surface area (Å²) in [6, 6.07) is 12.8. The predicted octanol–water partition coefficient (Wildman–Crippen LogP) is 3.66. The van der Waals surface area contributed by atoms with Crippen molar-refractivity contribution in [3.8, 4) is 11.5 Å². The molecule has 0 fully saturated rings. The van der Waals surface area contributed by atoms with E-state index in [0.717, 1.165) is 16.5 Å². The Bertz CT molecular complexity index is 744. The molecule has 2 aromatic carbocycles. The highest BCUT2D eigenvalue weighted by molar-refractivity contribution is 5.92. The Balaban J connectivity index is 1.90. The minimum Gasteiger partial charge on any atom is -0.497 e. The van der Waals surface area contributed by atoms with Crippen LogP contribution in [-0.4, -0.2) is 13.1 Å². The van der Waals surface area contributed by atoms with Gasteiger partial charge >= 0.3 is 5.97 Å². The summed E-state index contributed by atoms with van der Waals surface area (Å²) < 4.78 is 15.3. The largest absolute Gasteiger partial charge is 0.497 e. The first-order valence-corrected chi connectivity index (χ1v) is 6.08. The van der Waals surface area contributed by atoms with E-state index < -0.39 is 5.97 Å². The van der Waals surface area contributed by atoms with Crippen LogP contribution in [0.25, 0.3) is 10.8 Å². The van der Waals surface area contributed by atoms with Gasteiger partial charge in [-0.2, -0.15) is 0 Å². The van der Waals surface area contributed by atoms with E-state index in [1.165, 1.54) is 12.5 Å². The van der Waals surface area contributed by atoms with Gasteiger partial charge in [-0.05, 0) is 41.1 Å². The number of rotatable bonds is 3. The van der Waals surface area contributed by atoms with Gasteiger partial charge in [0, 0.05) is 0 Å². The van der Waals surface area contributed by atoms with Gasteiger partial charge in [-0.1, -0.05) is 12.1 Å². The van der Waals surface area contributed by atoms with E-state index in [9.17, 15) is 4.79 Å². The molecule has 0 aliphatic carbocycles. The summed E-state index contributed by atoms with van der Waals surface area (Å²) in [5.41, 5.74) is 0.385. The molecular weight excluding hydrogens is 256 g/mol. The van der Waals surface area contributed by atoms with Crippen molar-refractivity contribution in [1.29, 1.82) is 0 Å². The fourth-order valence-corrected chi connectivity index (χ4v) is 1.94. The van der Waals surface area contributed by atoms with Crippen LogP contribution in [-0.2, 0) is 0 Å². The summed E-state index contributed by atoms with van der Waals surface area (Å²) in [5, 5.41) is 2.00. The molecule has 3 rings (SSSR count). The van der Waals surface area contributed by atoms with E-state index >= 15 is 0 Å². The van der Waals surface area contributed by atoms with Crippen LogP contribution in [0.1, 0.15) is 10.4 Å². The first kappa shape index (κ1) is 12.3. The number of hydrogen-bond acceptors (Lipinski definition) is 4. The Kier molecular flexibility index (Phi) is 3.13. The van der Waals surface area contributed by atoms with Crippen molar-refractivity contribution in [1.82, 2.24) is 0 Å². The zero-order valence-electron chi connectivity index (χ0n) is 10.8. The molecule has 0 aliphatic rings. The fraction of sp³-hybridized carbons (Fsp3) is 0.0625. The summed E-state index contributed by atoms with van der Waals surface area (Å²) in [6.07, 6.45) is 2.79. The number of ether oxygens (including phenoxy) is 2. The molecule has 20 heavy (non-hydrogen) atoms. The smallest absolute Gasteiger partial charge is 0.346 e. The van der Waals surface area contributed by atoms with Crippen LogP contribution < -0.4 is 9.47 Å². The highest BCUT2D eigenvalue weighted by Gasteiger charge is 2.10. The lowest BCUT2D eigenvalue weighted by Gasteiger charge is -2.06. The molecule has 0 unspecified atom stereocenters. The molecular formula is C16H12O4. The Labute approximate surface area is 115 Å². The zero-order chi connectivity index (χ0) is 13.9. The van der Waals surface area contributed by atoms with Crippen LogP contribution >= 0.6 is 0 Å². The Morgan fingerprint density at radius 1 is 1.00 bits per heavy atom. The molecule has 0 atom stereocenters. The van der Waals surface area contributed by atoms with Gasteiger partial charge < -0.3 is 13.9 Å². The summed E-state index contributed by atoms with van der Waals surface area (Å²) >= 11 is 0. The average molecular weight is 268 g/mol. The van der Waals surface area contributed by atoms with Crippen molar-refractivity contribution >= 4 is 16.7 Å². The van der Waals surface area contributed by atoms with Crippen LogP contribution in [0.2, 0.25) is 0 Å². The van der Waals surface area contributed by atoms with Crippen LogP contribution in [0.5, 0.6) is 11.5 Å². The number of benzene rings is 2.